The summed E-state index contributed by atoms with van der Waals surface area (Å²) >= 11 is 0. The average Bonchev–Trinajstić information content (AvgIpc) is 2.33. The van der Waals surface area contributed by atoms with Crippen LogP contribution in [0.4, 0.5) is 4.39 Å². The summed E-state index contributed by atoms with van der Waals surface area (Å²) in [4.78, 5) is 2.37. The van der Waals surface area contributed by atoms with E-state index >= 15 is 0 Å². The van der Waals surface area contributed by atoms with Crippen molar-refractivity contribution in [2.45, 2.75) is 37.5 Å². The molecular weight excluding hydrogens is 231 g/mol. The molecule has 1 aromatic rings. The normalized spacial score (nSPS) is 32.4. The molecule has 0 saturated carbocycles. The van der Waals surface area contributed by atoms with E-state index in [1.54, 1.807) is 6.07 Å². The summed E-state index contributed by atoms with van der Waals surface area (Å²) in [5, 5.41) is 0. The lowest BCUT2D eigenvalue weighted by Gasteiger charge is -2.47. The molecule has 0 aromatic heterocycles. The summed E-state index contributed by atoms with van der Waals surface area (Å²) in [6.07, 6.45) is 1.90. The molecule has 3 rings (SSSR count). The Morgan fingerprint density at radius 2 is 1.89 bits per heavy atom. The van der Waals surface area contributed by atoms with Crippen molar-refractivity contribution in [3.8, 4) is 0 Å². The number of morpholine rings is 1. The smallest absolute Gasteiger partial charge is 0.127 e. The van der Waals surface area contributed by atoms with Gasteiger partial charge in [0.25, 0.3) is 0 Å². The van der Waals surface area contributed by atoms with Gasteiger partial charge in [0, 0.05) is 30.2 Å². The Morgan fingerprint density at radius 3 is 2.56 bits per heavy atom. The van der Waals surface area contributed by atoms with E-state index < -0.39 is 0 Å². The molecule has 2 heterocycles. The maximum Gasteiger partial charge on any atom is 0.127 e. The lowest BCUT2D eigenvalue weighted by molar-refractivity contribution is -0.0822. The predicted octanol–water partition coefficient (Wildman–Crippen LogP) is 1.52. The van der Waals surface area contributed by atoms with Crippen LogP contribution in [0.5, 0.6) is 0 Å². The first-order valence-corrected chi connectivity index (χ1v) is 6.56. The minimum absolute atomic E-state index is 0.119. The fraction of sp³-hybridized carbons (Fsp3) is 0.571. The van der Waals surface area contributed by atoms with Crippen molar-refractivity contribution >= 4 is 0 Å². The van der Waals surface area contributed by atoms with Crippen LogP contribution < -0.4 is 5.73 Å². The van der Waals surface area contributed by atoms with E-state index in [0.717, 1.165) is 31.6 Å². The maximum atomic E-state index is 13.7. The molecule has 3 atom stereocenters. The van der Waals surface area contributed by atoms with Gasteiger partial charge in [-0.15, -0.1) is 0 Å². The van der Waals surface area contributed by atoms with Crippen LogP contribution in [0.2, 0.25) is 0 Å². The molecule has 98 valence electrons. The monoisotopic (exact) mass is 250 g/mol. The van der Waals surface area contributed by atoms with Gasteiger partial charge in [0.2, 0.25) is 0 Å². The highest BCUT2D eigenvalue weighted by atomic mass is 19.1. The number of piperidine rings is 1. The highest BCUT2D eigenvalue weighted by Crippen LogP contribution is 2.28. The van der Waals surface area contributed by atoms with Crippen molar-refractivity contribution in [3.05, 3.63) is 35.6 Å². The van der Waals surface area contributed by atoms with E-state index in [4.69, 9.17) is 10.5 Å². The second-order valence-electron chi connectivity index (χ2n) is 5.34. The number of ether oxygens (including phenoxy) is 1. The Morgan fingerprint density at radius 1 is 1.22 bits per heavy atom. The molecule has 0 spiro atoms. The lowest BCUT2D eigenvalue weighted by Crippen LogP contribution is -2.59. The largest absolute Gasteiger partial charge is 0.378 e. The number of hydrogen-bond acceptors (Lipinski definition) is 3. The summed E-state index contributed by atoms with van der Waals surface area (Å²) in [6, 6.07) is 7.95. The van der Waals surface area contributed by atoms with Crippen molar-refractivity contribution in [3.63, 3.8) is 0 Å². The molecule has 2 saturated heterocycles. The van der Waals surface area contributed by atoms with Crippen LogP contribution in [0.3, 0.4) is 0 Å². The van der Waals surface area contributed by atoms with Gasteiger partial charge in [0.05, 0.1) is 13.2 Å². The molecule has 2 aliphatic heterocycles. The zero-order chi connectivity index (χ0) is 12.5. The van der Waals surface area contributed by atoms with Crippen LogP contribution >= 0.6 is 0 Å². The summed E-state index contributed by atoms with van der Waals surface area (Å²) < 4.78 is 19.3. The van der Waals surface area contributed by atoms with Crippen molar-refractivity contribution < 1.29 is 9.13 Å². The lowest BCUT2D eigenvalue weighted by atomic mass is 9.90. The Balaban J connectivity index is 1.78. The van der Waals surface area contributed by atoms with Crippen molar-refractivity contribution in [2.24, 2.45) is 5.73 Å². The number of halogens is 1. The van der Waals surface area contributed by atoms with E-state index in [1.165, 1.54) is 6.07 Å². The molecule has 2 bridgehead atoms. The van der Waals surface area contributed by atoms with Gasteiger partial charge in [0.1, 0.15) is 5.82 Å². The van der Waals surface area contributed by atoms with Crippen LogP contribution in [-0.4, -0.2) is 36.2 Å². The molecule has 18 heavy (non-hydrogen) atoms. The molecule has 0 unspecified atom stereocenters. The Labute approximate surface area is 107 Å². The second kappa shape index (κ2) is 4.96. The number of rotatable bonds is 2. The Kier molecular flexibility index (Phi) is 3.33. The SMILES string of the molecule is N[C@H]1C[C@H]2COC[C@@H](C1)N2Cc1ccccc1F. The molecule has 4 heteroatoms. The molecule has 0 amide bonds. The molecule has 2 aliphatic rings. The number of nitrogens with zero attached hydrogens (tertiary/aromatic N) is 1. The maximum absolute atomic E-state index is 13.7. The molecular formula is C14H19FN2O. The average molecular weight is 250 g/mol. The minimum atomic E-state index is -0.119. The zero-order valence-corrected chi connectivity index (χ0v) is 10.4. The highest BCUT2D eigenvalue weighted by molar-refractivity contribution is 5.17. The van der Waals surface area contributed by atoms with Gasteiger partial charge < -0.3 is 10.5 Å². The van der Waals surface area contributed by atoms with Crippen molar-refractivity contribution in [1.82, 2.24) is 4.90 Å². The van der Waals surface area contributed by atoms with Gasteiger partial charge in [-0.05, 0) is 18.9 Å². The third kappa shape index (κ3) is 2.28. The topological polar surface area (TPSA) is 38.5 Å². The van der Waals surface area contributed by atoms with E-state index in [0.29, 0.717) is 18.6 Å². The van der Waals surface area contributed by atoms with Crippen molar-refractivity contribution in [1.29, 1.82) is 0 Å². The van der Waals surface area contributed by atoms with Gasteiger partial charge in [-0.1, -0.05) is 18.2 Å². The molecule has 0 radical (unpaired) electrons. The molecule has 3 nitrogen and oxygen atoms in total. The first kappa shape index (κ1) is 12.1. The van der Waals surface area contributed by atoms with Crippen LogP contribution in [0.1, 0.15) is 18.4 Å². The van der Waals surface area contributed by atoms with E-state index in [1.807, 2.05) is 12.1 Å². The number of benzene rings is 1. The van der Waals surface area contributed by atoms with Crippen molar-refractivity contribution in [2.75, 3.05) is 13.2 Å². The first-order chi connectivity index (χ1) is 8.74. The van der Waals surface area contributed by atoms with Gasteiger partial charge in [-0.3, -0.25) is 4.90 Å². The summed E-state index contributed by atoms with van der Waals surface area (Å²) in [5.41, 5.74) is 6.82. The number of hydrogen-bond donors (Lipinski definition) is 1. The second-order valence-corrected chi connectivity index (χ2v) is 5.34. The fourth-order valence-corrected chi connectivity index (χ4v) is 3.11. The number of nitrogens with two attached hydrogens (primary N) is 1. The van der Waals surface area contributed by atoms with E-state index in [2.05, 4.69) is 4.90 Å². The summed E-state index contributed by atoms with van der Waals surface area (Å²) in [7, 11) is 0. The van der Waals surface area contributed by atoms with Gasteiger partial charge in [-0.25, -0.2) is 4.39 Å². The van der Waals surface area contributed by atoms with Gasteiger partial charge in [-0.2, -0.15) is 0 Å². The molecule has 2 N–H and O–H groups in total. The Bertz CT molecular complexity index is 412. The first-order valence-electron chi connectivity index (χ1n) is 6.56. The summed E-state index contributed by atoms with van der Waals surface area (Å²) in [5.74, 6) is -0.119. The summed E-state index contributed by atoms with van der Waals surface area (Å²) in [6.45, 7) is 2.11. The standard InChI is InChI=1S/C14H19FN2O/c15-14-4-2-1-3-10(14)7-17-12-5-11(16)6-13(17)9-18-8-12/h1-4,11-13H,5-9,16H2/t11-,12-,13+. The quantitative estimate of drug-likeness (QED) is 0.865. The zero-order valence-electron chi connectivity index (χ0n) is 10.4. The van der Waals surface area contributed by atoms with Gasteiger partial charge in [0.15, 0.2) is 0 Å². The third-order valence-corrected chi connectivity index (χ3v) is 4.02. The van der Waals surface area contributed by atoms with E-state index in [-0.39, 0.29) is 11.9 Å². The van der Waals surface area contributed by atoms with Crippen LogP contribution in [0.25, 0.3) is 0 Å². The van der Waals surface area contributed by atoms with Crippen LogP contribution in [0.15, 0.2) is 24.3 Å². The molecule has 2 fully saturated rings. The molecule has 0 aliphatic carbocycles. The van der Waals surface area contributed by atoms with Gasteiger partial charge >= 0.3 is 0 Å². The van der Waals surface area contributed by atoms with Crippen LogP contribution in [0, 0.1) is 5.82 Å². The third-order valence-electron chi connectivity index (χ3n) is 4.02. The van der Waals surface area contributed by atoms with E-state index in [9.17, 15) is 4.39 Å². The van der Waals surface area contributed by atoms with Crippen LogP contribution in [-0.2, 0) is 11.3 Å². The fourth-order valence-electron chi connectivity index (χ4n) is 3.11. The number of fused-ring (bicyclic) bond motifs is 2. The molecule has 1 aromatic carbocycles. The predicted molar refractivity (Wildman–Crippen MR) is 67.5 cm³/mol. The Hall–Kier alpha value is -0.970. The highest BCUT2D eigenvalue weighted by Gasteiger charge is 2.37. The minimum Gasteiger partial charge on any atom is -0.378 e.